The van der Waals surface area contributed by atoms with E-state index in [1.807, 2.05) is 6.92 Å². The average Bonchev–Trinajstić information content (AvgIpc) is 2.70. The summed E-state index contributed by atoms with van der Waals surface area (Å²) < 4.78 is 7.37. The van der Waals surface area contributed by atoms with Crippen LogP contribution in [0.3, 0.4) is 0 Å². The lowest BCUT2D eigenvalue weighted by atomic mass is 10.3. The van der Waals surface area contributed by atoms with Crippen LogP contribution in [0, 0.1) is 0 Å². The fourth-order valence-electron chi connectivity index (χ4n) is 1.36. The van der Waals surface area contributed by atoms with Gasteiger partial charge in [-0.15, -0.1) is 0 Å². The van der Waals surface area contributed by atoms with Crippen LogP contribution in [0.1, 0.15) is 24.0 Å². The highest BCUT2D eigenvalue weighted by Crippen LogP contribution is 2.08. The van der Waals surface area contributed by atoms with E-state index in [1.165, 1.54) is 0 Å². The zero-order chi connectivity index (χ0) is 12.9. The number of hydrogen-bond donors (Lipinski definition) is 0. The topological polar surface area (TPSA) is 44.1 Å². The summed E-state index contributed by atoms with van der Waals surface area (Å²) in [6, 6.07) is 1.14. The van der Waals surface area contributed by atoms with Crippen LogP contribution in [0.15, 0.2) is 12.4 Å². The van der Waals surface area contributed by atoms with Crippen LogP contribution >= 0.6 is 0 Å². The first-order chi connectivity index (χ1) is 7.94. The van der Waals surface area contributed by atoms with Crippen molar-refractivity contribution >= 4 is 13.9 Å². The molecule has 0 amide bonds. The molecule has 0 spiro atoms. The lowest BCUT2D eigenvalue weighted by molar-refractivity contribution is 0.0797. The molecule has 0 aliphatic carbocycles. The van der Waals surface area contributed by atoms with Crippen molar-refractivity contribution in [1.29, 1.82) is 0 Å². The van der Waals surface area contributed by atoms with Crippen molar-refractivity contribution in [2.45, 2.75) is 45.8 Å². The standard InChI is InChI=1S/C12H22N2O2Si/c1-5-11(15)12-13-6-7-14(12)10-16-8-9-17(2,3)4/h6-7H,5,8-10H2,1-4H3. The molecular weight excluding hydrogens is 232 g/mol. The number of nitrogens with zero attached hydrogens (tertiary/aromatic N) is 2. The van der Waals surface area contributed by atoms with E-state index in [9.17, 15) is 4.79 Å². The summed E-state index contributed by atoms with van der Waals surface area (Å²) in [6.07, 6.45) is 3.91. The summed E-state index contributed by atoms with van der Waals surface area (Å²) in [4.78, 5) is 15.6. The Hall–Kier alpha value is -0.943. The maximum absolute atomic E-state index is 11.6. The highest BCUT2D eigenvalue weighted by molar-refractivity contribution is 6.76. The number of rotatable bonds is 7. The van der Waals surface area contributed by atoms with Crippen molar-refractivity contribution in [2.24, 2.45) is 0 Å². The molecule has 1 rings (SSSR count). The Balaban J connectivity index is 2.42. The van der Waals surface area contributed by atoms with E-state index < -0.39 is 8.07 Å². The zero-order valence-electron chi connectivity index (χ0n) is 11.2. The first-order valence-electron chi connectivity index (χ1n) is 6.06. The van der Waals surface area contributed by atoms with Gasteiger partial charge in [-0.1, -0.05) is 26.6 Å². The minimum Gasteiger partial charge on any atom is -0.361 e. The van der Waals surface area contributed by atoms with Gasteiger partial charge in [-0.3, -0.25) is 4.79 Å². The van der Waals surface area contributed by atoms with Crippen LogP contribution in [0.2, 0.25) is 25.7 Å². The summed E-state index contributed by atoms with van der Waals surface area (Å²) >= 11 is 0. The lowest BCUT2D eigenvalue weighted by Gasteiger charge is -2.15. The maximum atomic E-state index is 11.6. The van der Waals surface area contributed by atoms with Gasteiger partial charge in [0, 0.05) is 33.5 Å². The third-order valence-corrected chi connectivity index (χ3v) is 4.22. The number of imidazole rings is 1. The number of hydrogen-bond acceptors (Lipinski definition) is 3. The van der Waals surface area contributed by atoms with Crippen LogP contribution in [-0.4, -0.2) is 30.0 Å². The lowest BCUT2D eigenvalue weighted by Crippen LogP contribution is -2.22. The Morgan fingerprint density at radius 1 is 1.47 bits per heavy atom. The fourth-order valence-corrected chi connectivity index (χ4v) is 2.12. The van der Waals surface area contributed by atoms with E-state index in [1.54, 1.807) is 17.0 Å². The molecule has 0 radical (unpaired) electrons. The second-order valence-electron chi connectivity index (χ2n) is 5.35. The van der Waals surface area contributed by atoms with Crippen LogP contribution in [0.4, 0.5) is 0 Å². The molecule has 0 aliphatic rings. The predicted octanol–water partition coefficient (Wildman–Crippen LogP) is 2.79. The predicted molar refractivity (Wildman–Crippen MR) is 71.0 cm³/mol. The van der Waals surface area contributed by atoms with Crippen LogP contribution in [0.25, 0.3) is 0 Å². The van der Waals surface area contributed by atoms with Gasteiger partial charge < -0.3 is 9.30 Å². The molecule has 0 unspecified atom stereocenters. The van der Waals surface area contributed by atoms with Crippen LogP contribution in [-0.2, 0) is 11.5 Å². The summed E-state index contributed by atoms with van der Waals surface area (Å²) in [6.45, 7) is 9.98. The summed E-state index contributed by atoms with van der Waals surface area (Å²) in [5.41, 5.74) is 0. The smallest absolute Gasteiger partial charge is 0.198 e. The summed E-state index contributed by atoms with van der Waals surface area (Å²) in [5.74, 6) is 0.560. The first-order valence-corrected chi connectivity index (χ1v) is 9.77. The zero-order valence-corrected chi connectivity index (χ0v) is 12.2. The first kappa shape index (κ1) is 14.1. The Labute approximate surface area is 104 Å². The monoisotopic (exact) mass is 254 g/mol. The van der Waals surface area contributed by atoms with Crippen LogP contribution < -0.4 is 0 Å². The van der Waals surface area contributed by atoms with Crippen molar-refractivity contribution in [3.05, 3.63) is 18.2 Å². The molecule has 1 aromatic heterocycles. The van der Waals surface area contributed by atoms with Gasteiger partial charge in [0.1, 0.15) is 6.73 Å². The summed E-state index contributed by atoms with van der Waals surface area (Å²) in [5, 5.41) is 0. The Morgan fingerprint density at radius 3 is 2.76 bits per heavy atom. The molecule has 1 aromatic rings. The highest BCUT2D eigenvalue weighted by atomic mass is 28.3. The van der Waals surface area contributed by atoms with E-state index >= 15 is 0 Å². The van der Waals surface area contributed by atoms with Gasteiger partial charge in [-0.05, 0) is 6.04 Å². The van der Waals surface area contributed by atoms with Gasteiger partial charge in [-0.2, -0.15) is 0 Å². The van der Waals surface area contributed by atoms with Gasteiger partial charge in [0.2, 0.25) is 0 Å². The molecule has 0 saturated carbocycles. The normalized spacial score (nSPS) is 11.8. The second kappa shape index (κ2) is 6.12. The van der Waals surface area contributed by atoms with Crippen molar-refractivity contribution in [2.75, 3.05) is 6.61 Å². The number of carbonyl (C=O) groups excluding carboxylic acids is 1. The number of ether oxygens (including phenoxy) is 1. The van der Waals surface area contributed by atoms with Gasteiger partial charge >= 0.3 is 0 Å². The molecule has 0 aliphatic heterocycles. The number of Topliss-reactive ketones (excluding diaryl/α,β-unsaturated/α-hetero) is 1. The molecular formula is C12H22N2O2Si. The Bertz CT molecular complexity index is 369. The van der Waals surface area contributed by atoms with Crippen LogP contribution in [0.5, 0.6) is 0 Å². The number of ketones is 1. The van der Waals surface area contributed by atoms with Crippen molar-refractivity contribution in [3.63, 3.8) is 0 Å². The maximum Gasteiger partial charge on any atom is 0.198 e. The molecule has 0 saturated heterocycles. The van der Waals surface area contributed by atoms with Gasteiger partial charge in [0.05, 0.1) is 0 Å². The molecule has 96 valence electrons. The minimum absolute atomic E-state index is 0.0591. The number of carbonyl (C=O) groups is 1. The molecule has 1 heterocycles. The minimum atomic E-state index is -1.04. The molecule has 4 nitrogen and oxygen atoms in total. The summed E-state index contributed by atoms with van der Waals surface area (Å²) in [7, 11) is -1.04. The number of aromatic nitrogens is 2. The van der Waals surface area contributed by atoms with Gasteiger partial charge in [-0.25, -0.2) is 4.98 Å². The van der Waals surface area contributed by atoms with Crippen molar-refractivity contribution < 1.29 is 9.53 Å². The molecule has 0 fully saturated rings. The van der Waals surface area contributed by atoms with E-state index in [0.717, 1.165) is 12.7 Å². The van der Waals surface area contributed by atoms with E-state index in [0.29, 0.717) is 19.0 Å². The largest absolute Gasteiger partial charge is 0.361 e. The van der Waals surface area contributed by atoms with Gasteiger partial charge in [0.25, 0.3) is 0 Å². The van der Waals surface area contributed by atoms with E-state index in [2.05, 4.69) is 24.6 Å². The molecule has 0 N–H and O–H groups in total. The average molecular weight is 254 g/mol. The quantitative estimate of drug-likeness (QED) is 0.427. The molecule has 0 atom stereocenters. The van der Waals surface area contributed by atoms with Crippen molar-refractivity contribution in [1.82, 2.24) is 9.55 Å². The van der Waals surface area contributed by atoms with E-state index in [4.69, 9.17) is 4.74 Å². The van der Waals surface area contributed by atoms with E-state index in [-0.39, 0.29) is 5.78 Å². The molecule has 0 aromatic carbocycles. The molecule has 17 heavy (non-hydrogen) atoms. The Kier molecular flexibility index (Phi) is 5.08. The SMILES string of the molecule is CCC(=O)c1nccn1COCC[Si](C)(C)C. The van der Waals surface area contributed by atoms with Crippen molar-refractivity contribution in [3.8, 4) is 0 Å². The second-order valence-corrected chi connectivity index (χ2v) is 11.0. The molecule has 0 bridgehead atoms. The molecule has 5 heteroatoms. The fraction of sp³-hybridized carbons (Fsp3) is 0.667. The highest BCUT2D eigenvalue weighted by Gasteiger charge is 2.13. The third-order valence-electron chi connectivity index (χ3n) is 2.51. The third kappa shape index (κ3) is 4.83. The Morgan fingerprint density at radius 2 is 2.18 bits per heavy atom. The van der Waals surface area contributed by atoms with Gasteiger partial charge in [0.15, 0.2) is 11.6 Å².